The number of unbranched alkanes of at least 4 members (excludes halogenated alkanes) is 3. The molecule has 1 aromatic heterocycles. The van der Waals surface area contributed by atoms with Gasteiger partial charge in [-0.2, -0.15) is 0 Å². The molecule has 2 aliphatic rings. The standard InChI is InChI=1S/C18H32N2O3.C10H9NO2.C4H7NO.C2H4.C2H2.CH2O2/c1-5-6-7-8-9-12-16(19-18(22)23-14(2)3)17(21)20-13-10-11-15(20)4;1-13-8-2-3-9-7(6-8)4-5-11-10(9)12;6-3-5-4-1-2-4;2*1-2;2-1-3/h5,14-16H,1,6-13H2,2-4H3,(H,19,22);2-6H,1H3,(H,11,12);3-4H,1-2H2,(H,5,6);1-2H2;1-2H;1H,(H,2,3)/t15-,16+;;;;;/m1...../s1. The van der Waals surface area contributed by atoms with E-state index < -0.39 is 12.1 Å². The van der Waals surface area contributed by atoms with Gasteiger partial charge in [-0.25, -0.2) is 4.79 Å². The summed E-state index contributed by atoms with van der Waals surface area (Å²) in [5.74, 6) is 0.789. The van der Waals surface area contributed by atoms with Crippen molar-refractivity contribution in [2.24, 2.45) is 0 Å². The summed E-state index contributed by atoms with van der Waals surface area (Å²) in [6.07, 6.45) is 20.7. The van der Waals surface area contributed by atoms with E-state index in [1.807, 2.05) is 23.1 Å². The number of nitrogens with zero attached hydrogens (tertiary/aromatic N) is 1. The molecule has 0 spiro atoms. The van der Waals surface area contributed by atoms with E-state index in [0.717, 1.165) is 62.6 Å². The fourth-order valence-electron chi connectivity index (χ4n) is 4.57. The Balaban J connectivity index is 0. The summed E-state index contributed by atoms with van der Waals surface area (Å²) in [4.78, 5) is 58.3. The minimum atomic E-state index is -0.503. The van der Waals surface area contributed by atoms with E-state index in [9.17, 15) is 19.2 Å². The second kappa shape index (κ2) is 29.1. The summed E-state index contributed by atoms with van der Waals surface area (Å²) in [6.45, 7) is 15.9. The van der Waals surface area contributed by atoms with Gasteiger partial charge in [-0.1, -0.05) is 18.9 Å². The number of methoxy groups -OCH3 is 1. The first-order valence-electron chi connectivity index (χ1n) is 16.3. The first-order chi connectivity index (χ1) is 23.6. The van der Waals surface area contributed by atoms with Crippen LogP contribution in [0.2, 0.25) is 0 Å². The van der Waals surface area contributed by atoms with Gasteiger partial charge in [0.05, 0.1) is 13.2 Å². The van der Waals surface area contributed by atoms with Gasteiger partial charge in [-0.15, -0.1) is 32.6 Å². The summed E-state index contributed by atoms with van der Waals surface area (Å²) in [6, 6.07) is 7.52. The van der Waals surface area contributed by atoms with E-state index in [-0.39, 0.29) is 30.1 Å². The molecule has 2 atom stereocenters. The van der Waals surface area contributed by atoms with Gasteiger partial charge in [0, 0.05) is 30.2 Å². The monoisotopic (exact) mass is 684 g/mol. The summed E-state index contributed by atoms with van der Waals surface area (Å²) < 4.78 is 10.2. The van der Waals surface area contributed by atoms with Crippen molar-refractivity contribution >= 4 is 35.7 Å². The maximum atomic E-state index is 12.7. The van der Waals surface area contributed by atoms with Crippen molar-refractivity contribution in [2.45, 2.75) is 103 Å². The molecule has 1 saturated heterocycles. The molecule has 0 radical (unpaired) electrons. The topological polar surface area (TPSA) is 167 Å². The van der Waals surface area contributed by atoms with Crippen LogP contribution >= 0.6 is 0 Å². The average molecular weight is 685 g/mol. The van der Waals surface area contributed by atoms with Crippen molar-refractivity contribution < 1.29 is 33.8 Å². The molecule has 49 heavy (non-hydrogen) atoms. The van der Waals surface area contributed by atoms with Gasteiger partial charge >= 0.3 is 6.09 Å². The highest BCUT2D eigenvalue weighted by molar-refractivity contribution is 5.86. The van der Waals surface area contributed by atoms with Gasteiger partial charge in [0.25, 0.3) is 12.0 Å². The zero-order chi connectivity index (χ0) is 37.6. The van der Waals surface area contributed by atoms with E-state index in [4.69, 9.17) is 19.4 Å². The molecule has 1 aliphatic heterocycles. The van der Waals surface area contributed by atoms with Crippen LogP contribution in [0.25, 0.3) is 10.8 Å². The quantitative estimate of drug-likeness (QED) is 0.0939. The zero-order valence-electron chi connectivity index (χ0n) is 29.5. The number of alkyl carbamates (subject to hydrolysis) is 1. The maximum Gasteiger partial charge on any atom is 0.408 e. The number of aromatic nitrogens is 1. The Bertz CT molecular complexity index is 1310. The molecule has 272 valence electrons. The number of nitrogens with one attached hydrogen (secondary N) is 3. The molecular formula is C37H56N4O8. The molecule has 1 saturated carbocycles. The molecule has 1 aromatic carbocycles. The van der Waals surface area contributed by atoms with E-state index in [1.165, 1.54) is 12.8 Å². The number of pyridine rings is 1. The lowest BCUT2D eigenvalue weighted by molar-refractivity contribution is -0.134. The van der Waals surface area contributed by atoms with Crippen LogP contribution in [0.3, 0.4) is 0 Å². The van der Waals surface area contributed by atoms with E-state index in [2.05, 4.69) is 55.1 Å². The predicted octanol–water partition coefficient (Wildman–Crippen LogP) is 5.82. The van der Waals surface area contributed by atoms with Crippen LogP contribution < -0.4 is 20.9 Å². The number of terminal acetylenes is 1. The van der Waals surface area contributed by atoms with Crippen molar-refractivity contribution in [3.8, 4) is 18.6 Å². The largest absolute Gasteiger partial charge is 0.497 e. The van der Waals surface area contributed by atoms with Crippen LogP contribution in [0.5, 0.6) is 5.75 Å². The molecule has 1 aliphatic carbocycles. The number of amides is 3. The lowest BCUT2D eigenvalue weighted by Crippen LogP contribution is -2.50. The maximum absolute atomic E-state index is 12.7. The van der Waals surface area contributed by atoms with E-state index >= 15 is 0 Å². The first kappa shape index (κ1) is 46.1. The Kier molecular flexibility index (Phi) is 27.4. The second-order valence-electron chi connectivity index (χ2n) is 11.0. The Hall–Kier alpha value is -5.05. The van der Waals surface area contributed by atoms with Crippen molar-refractivity contribution in [3.63, 3.8) is 0 Å². The molecule has 2 heterocycles. The predicted molar refractivity (Wildman–Crippen MR) is 195 cm³/mol. The summed E-state index contributed by atoms with van der Waals surface area (Å²) in [5.41, 5.74) is -0.0693. The molecule has 12 heteroatoms. The number of aromatic amines is 1. The number of carboxylic acid groups (broad SMARTS) is 1. The minimum absolute atomic E-state index is 0.0272. The number of ether oxygens (including phenoxy) is 2. The van der Waals surface area contributed by atoms with Gasteiger partial charge in [-0.3, -0.25) is 19.2 Å². The highest BCUT2D eigenvalue weighted by Crippen LogP contribution is 2.20. The minimum Gasteiger partial charge on any atom is -0.497 e. The number of likely N-dealkylation sites (tertiary alicyclic amines) is 1. The van der Waals surface area contributed by atoms with Crippen LogP contribution in [-0.4, -0.2) is 77.8 Å². The molecule has 4 N–H and O–H groups in total. The first-order valence-corrected chi connectivity index (χ1v) is 16.3. The van der Waals surface area contributed by atoms with Crippen molar-refractivity contribution in [1.29, 1.82) is 0 Å². The number of fused-ring (bicyclic) bond motifs is 1. The summed E-state index contributed by atoms with van der Waals surface area (Å²) in [7, 11) is 1.61. The SMILES string of the molecule is C#C.C=C.C=CCCCCC[C@H](NC(=O)OC(C)C)C(=O)N1CCC[C@H]1C.COc1ccc2c(=O)[nH]ccc2c1.O=CNC1CC1.O=CO. The highest BCUT2D eigenvalue weighted by Gasteiger charge is 2.31. The second-order valence-corrected chi connectivity index (χ2v) is 11.0. The Labute approximate surface area is 291 Å². The molecule has 0 unspecified atom stereocenters. The number of benzene rings is 1. The van der Waals surface area contributed by atoms with E-state index in [0.29, 0.717) is 17.8 Å². The number of hydrogen-bond donors (Lipinski definition) is 4. The van der Waals surface area contributed by atoms with Crippen molar-refractivity contribution in [1.82, 2.24) is 20.5 Å². The van der Waals surface area contributed by atoms with Gasteiger partial charge in [-0.05, 0) is 95.4 Å². The highest BCUT2D eigenvalue weighted by atomic mass is 16.6. The van der Waals surface area contributed by atoms with E-state index in [1.54, 1.807) is 39.3 Å². The van der Waals surface area contributed by atoms with Crippen LogP contribution in [0, 0.1) is 12.8 Å². The summed E-state index contributed by atoms with van der Waals surface area (Å²) in [5, 5.41) is 13.9. The zero-order valence-corrected chi connectivity index (χ0v) is 29.5. The summed E-state index contributed by atoms with van der Waals surface area (Å²) >= 11 is 0. The molecule has 4 rings (SSSR count). The fraction of sp³-hybridized carbons (Fsp3) is 0.486. The Morgan fingerprint density at radius 2 is 1.78 bits per heavy atom. The molecular weight excluding hydrogens is 628 g/mol. The fourth-order valence-corrected chi connectivity index (χ4v) is 4.57. The number of allylic oxidation sites excluding steroid dienone is 1. The molecule has 3 amide bonds. The number of carbonyl (C=O) groups is 4. The molecule has 12 nitrogen and oxygen atoms in total. The Morgan fingerprint density at radius 3 is 2.27 bits per heavy atom. The van der Waals surface area contributed by atoms with Crippen LogP contribution in [0.1, 0.15) is 78.6 Å². The smallest absolute Gasteiger partial charge is 0.408 e. The molecule has 2 fully saturated rings. The van der Waals surface area contributed by atoms with Crippen molar-refractivity contribution in [3.05, 3.63) is 66.6 Å². The Morgan fingerprint density at radius 1 is 1.12 bits per heavy atom. The van der Waals surface area contributed by atoms with Gasteiger partial charge in [0.1, 0.15) is 11.8 Å². The average Bonchev–Trinajstić information content (AvgIpc) is 3.82. The molecule has 0 bridgehead atoms. The third-order valence-corrected chi connectivity index (χ3v) is 7.03. The molecule has 2 aromatic rings. The number of hydrogen-bond acceptors (Lipinski definition) is 7. The third-order valence-electron chi connectivity index (χ3n) is 7.03. The number of H-pyrrole nitrogens is 1. The van der Waals surface area contributed by atoms with Crippen LogP contribution in [0.4, 0.5) is 4.79 Å². The van der Waals surface area contributed by atoms with Gasteiger partial charge in [0.15, 0.2) is 0 Å². The lowest BCUT2D eigenvalue weighted by Gasteiger charge is -2.27. The normalized spacial score (nSPS) is 14.3. The number of rotatable bonds is 12. The van der Waals surface area contributed by atoms with Crippen LogP contribution in [0.15, 0.2) is 61.1 Å². The van der Waals surface area contributed by atoms with Crippen molar-refractivity contribution in [2.75, 3.05) is 13.7 Å². The third kappa shape index (κ3) is 20.7. The van der Waals surface area contributed by atoms with Gasteiger partial charge < -0.3 is 35.1 Å². The van der Waals surface area contributed by atoms with Gasteiger partial charge in [0.2, 0.25) is 12.3 Å². The lowest BCUT2D eigenvalue weighted by atomic mass is 10.1. The van der Waals surface area contributed by atoms with Crippen LogP contribution in [-0.2, 0) is 19.1 Å². The number of carbonyl (C=O) groups excluding carboxylic acids is 3.